The summed E-state index contributed by atoms with van der Waals surface area (Å²) in [4.78, 5) is 26.8. The van der Waals surface area contributed by atoms with Crippen LogP contribution in [0.2, 0.25) is 0 Å². The Hall–Kier alpha value is -2.37. The Balaban J connectivity index is 2.32. The smallest absolute Gasteiger partial charge is 0.354 e. The lowest BCUT2D eigenvalue weighted by Crippen LogP contribution is -2.37. The number of rotatable bonds is 1. The van der Waals surface area contributed by atoms with Crippen molar-refractivity contribution in [2.45, 2.75) is 13.0 Å². The van der Waals surface area contributed by atoms with E-state index in [0.29, 0.717) is 17.9 Å². The maximum absolute atomic E-state index is 11.7. The van der Waals surface area contributed by atoms with Crippen LogP contribution < -0.4 is 5.32 Å². The molecule has 2 N–H and O–H groups in total. The van der Waals surface area contributed by atoms with Crippen LogP contribution in [-0.2, 0) is 0 Å². The number of amides is 1. The van der Waals surface area contributed by atoms with Gasteiger partial charge in [0.1, 0.15) is 11.3 Å². The van der Waals surface area contributed by atoms with Crippen LogP contribution in [0.4, 0.5) is 0 Å². The number of nitrogens with zero attached hydrogens (tertiary/aromatic N) is 2. The van der Waals surface area contributed by atoms with Crippen molar-refractivity contribution in [3.63, 3.8) is 0 Å². The zero-order valence-corrected chi connectivity index (χ0v) is 9.67. The van der Waals surface area contributed by atoms with Gasteiger partial charge in [-0.2, -0.15) is 0 Å². The lowest BCUT2D eigenvalue weighted by Gasteiger charge is -2.23. The highest BCUT2D eigenvalue weighted by atomic mass is 16.4. The van der Waals surface area contributed by atoms with Crippen LogP contribution in [0, 0.1) is 0 Å². The van der Waals surface area contributed by atoms with E-state index in [1.54, 1.807) is 16.7 Å². The van der Waals surface area contributed by atoms with Gasteiger partial charge < -0.3 is 15.0 Å². The van der Waals surface area contributed by atoms with Gasteiger partial charge in [0, 0.05) is 11.9 Å². The fourth-order valence-electron chi connectivity index (χ4n) is 2.26. The lowest BCUT2D eigenvalue weighted by molar-refractivity contribution is 0.0690. The van der Waals surface area contributed by atoms with Gasteiger partial charge in [-0.3, -0.25) is 4.79 Å². The van der Waals surface area contributed by atoms with E-state index >= 15 is 0 Å². The number of aromatic carboxylic acids is 1. The van der Waals surface area contributed by atoms with Crippen LogP contribution in [0.1, 0.15) is 33.9 Å². The van der Waals surface area contributed by atoms with Crippen molar-refractivity contribution in [3.05, 3.63) is 29.6 Å². The van der Waals surface area contributed by atoms with Crippen molar-refractivity contribution >= 4 is 22.9 Å². The number of nitrogens with one attached hydrogen (secondary N) is 1. The number of aromatic nitrogens is 2. The number of carboxylic acids is 1. The first kappa shape index (κ1) is 10.8. The third kappa shape index (κ3) is 1.38. The summed E-state index contributed by atoms with van der Waals surface area (Å²) in [5.41, 5.74) is 1.06. The number of hydrogen-bond acceptors (Lipinski definition) is 3. The molecule has 1 aliphatic heterocycles. The maximum Gasteiger partial charge on any atom is 0.354 e. The highest BCUT2D eigenvalue weighted by molar-refractivity contribution is 5.99. The Kier molecular flexibility index (Phi) is 2.13. The van der Waals surface area contributed by atoms with E-state index in [4.69, 9.17) is 5.11 Å². The largest absolute Gasteiger partial charge is 0.477 e. The highest BCUT2D eigenvalue weighted by Crippen LogP contribution is 2.25. The fourth-order valence-corrected chi connectivity index (χ4v) is 2.26. The van der Waals surface area contributed by atoms with E-state index in [1.165, 1.54) is 6.07 Å². The standard InChI is InChI=1S/C12H11N3O3/c1-6-5-13-11(16)9-4-7-2-3-8(12(17)18)14-10(7)15(6)9/h2-4,6H,5H2,1H3,(H,13,16)(H,17,18)/t6-/m1/s1. The van der Waals surface area contributed by atoms with E-state index in [2.05, 4.69) is 10.3 Å². The highest BCUT2D eigenvalue weighted by Gasteiger charge is 2.25. The van der Waals surface area contributed by atoms with Gasteiger partial charge in [0.25, 0.3) is 5.91 Å². The molecule has 0 spiro atoms. The fraction of sp³-hybridized carbons (Fsp3) is 0.250. The topological polar surface area (TPSA) is 84.2 Å². The van der Waals surface area contributed by atoms with E-state index < -0.39 is 5.97 Å². The van der Waals surface area contributed by atoms with E-state index in [0.717, 1.165) is 5.39 Å². The van der Waals surface area contributed by atoms with Gasteiger partial charge in [-0.15, -0.1) is 0 Å². The van der Waals surface area contributed by atoms with Crippen molar-refractivity contribution in [2.24, 2.45) is 0 Å². The Morgan fingerprint density at radius 1 is 1.56 bits per heavy atom. The molecule has 1 amide bonds. The molecule has 0 unspecified atom stereocenters. The van der Waals surface area contributed by atoms with Gasteiger partial charge >= 0.3 is 5.97 Å². The SMILES string of the molecule is C[C@@H]1CNC(=O)c2cc3ccc(C(=O)O)nc3n21. The molecule has 2 aromatic heterocycles. The number of hydrogen-bond donors (Lipinski definition) is 2. The van der Waals surface area contributed by atoms with E-state index in [9.17, 15) is 9.59 Å². The number of pyridine rings is 1. The first-order valence-electron chi connectivity index (χ1n) is 5.61. The molecular weight excluding hydrogens is 234 g/mol. The minimum atomic E-state index is -1.07. The molecule has 1 aliphatic rings. The molecule has 0 aliphatic carbocycles. The van der Waals surface area contributed by atoms with Crippen LogP contribution in [0.15, 0.2) is 18.2 Å². The molecule has 6 nitrogen and oxygen atoms in total. The number of carbonyl (C=O) groups excluding carboxylic acids is 1. The number of carbonyl (C=O) groups is 2. The average Bonchev–Trinajstić information content (AvgIpc) is 2.73. The summed E-state index contributed by atoms with van der Waals surface area (Å²) >= 11 is 0. The van der Waals surface area contributed by atoms with Crippen molar-refractivity contribution in [2.75, 3.05) is 6.54 Å². The average molecular weight is 245 g/mol. The van der Waals surface area contributed by atoms with Crippen molar-refractivity contribution in [3.8, 4) is 0 Å². The Morgan fingerprint density at radius 3 is 3.06 bits per heavy atom. The van der Waals surface area contributed by atoms with Gasteiger partial charge in [-0.25, -0.2) is 9.78 Å². The molecular formula is C12H11N3O3. The molecule has 18 heavy (non-hydrogen) atoms. The monoisotopic (exact) mass is 245 g/mol. The van der Waals surface area contributed by atoms with Gasteiger partial charge in [0.2, 0.25) is 0 Å². The minimum absolute atomic E-state index is 0.0124. The normalized spacial score (nSPS) is 18.5. The van der Waals surface area contributed by atoms with Crippen molar-refractivity contribution < 1.29 is 14.7 Å². The lowest BCUT2D eigenvalue weighted by atomic mass is 10.2. The predicted molar refractivity (Wildman–Crippen MR) is 63.7 cm³/mol. The third-order valence-corrected chi connectivity index (χ3v) is 3.14. The van der Waals surface area contributed by atoms with Crippen LogP contribution in [0.3, 0.4) is 0 Å². The maximum atomic E-state index is 11.7. The van der Waals surface area contributed by atoms with Crippen molar-refractivity contribution in [1.29, 1.82) is 0 Å². The van der Waals surface area contributed by atoms with Crippen LogP contribution in [-0.4, -0.2) is 33.1 Å². The quantitative estimate of drug-likeness (QED) is 0.786. The third-order valence-electron chi connectivity index (χ3n) is 3.14. The molecule has 92 valence electrons. The summed E-state index contributed by atoms with van der Waals surface area (Å²) in [7, 11) is 0. The summed E-state index contributed by atoms with van der Waals surface area (Å²) in [6.07, 6.45) is 0. The molecule has 3 rings (SSSR count). The summed E-state index contributed by atoms with van der Waals surface area (Å²) in [5, 5.41) is 12.5. The molecule has 6 heteroatoms. The summed E-state index contributed by atoms with van der Waals surface area (Å²) in [6.45, 7) is 2.48. The number of carboxylic acid groups (broad SMARTS) is 1. The molecule has 0 saturated heterocycles. The zero-order valence-electron chi connectivity index (χ0n) is 9.67. The predicted octanol–water partition coefficient (Wildman–Crippen LogP) is 1.04. The molecule has 0 aromatic carbocycles. The minimum Gasteiger partial charge on any atom is -0.477 e. The number of fused-ring (bicyclic) bond motifs is 3. The summed E-state index contributed by atoms with van der Waals surface area (Å²) in [5.74, 6) is -1.22. The Labute approximate surface area is 102 Å². The molecule has 0 radical (unpaired) electrons. The first-order valence-corrected chi connectivity index (χ1v) is 5.61. The van der Waals surface area contributed by atoms with Gasteiger partial charge in [-0.1, -0.05) is 0 Å². The van der Waals surface area contributed by atoms with Crippen molar-refractivity contribution in [1.82, 2.24) is 14.9 Å². The first-order chi connectivity index (χ1) is 8.58. The summed E-state index contributed by atoms with van der Waals surface area (Å²) < 4.78 is 1.79. The van der Waals surface area contributed by atoms with Crippen LogP contribution in [0.5, 0.6) is 0 Å². The Morgan fingerprint density at radius 2 is 2.33 bits per heavy atom. The summed E-state index contributed by atoms with van der Waals surface area (Å²) in [6, 6.07) is 4.92. The van der Waals surface area contributed by atoms with Crippen LogP contribution >= 0.6 is 0 Å². The molecule has 0 fully saturated rings. The van der Waals surface area contributed by atoms with E-state index in [-0.39, 0.29) is 17.6 Å². The van der Waals surface area contributed by atoms with Gasteiger partial charge in [0.15, 0.2) is 5.69 Å². The molecule has 0 bridgehead atoms. The molecule has 3 heterocycles. The Bertz CT molecular complexity index is 675. The molecule has 0 saturated carbocycles. The van der Waals surface area contributed by atoms with E-state index in [1.807, 2.05) is 6.92 Å². The second-order valence-corrected chi connectivity index (χ2v) is 4.37. The van der Waals surface area contributed by atoms with Gasteiger partial charge in [-0.05, 0) is 25.1 Å². The second-order valence-electron chi connectivity index (χ2n) is 4.37. The van der Waals surface area contributed by atoms with Crippen LogP contribution in [0.25, 0.3) is 11.0 Å². The second kappa shape index (κ2) is 3.56. The molecule has 2 aromatic rings. The zero-order chi connectivity index (χ0) is 12.9. The molecule has 1 atom stereocenters. The van der Waals surface area contributed by atoms with Gasteiger partial charge in [0.05, 0.1) is 6.04 Å².